The number of aliphatic hydroxyl groups excluding tert-OH is 1. The van der Waals surface area contributed by atoms with Crippen LogP contribution in [0, 0.1) is 0 Å². The molecular formula is C8H12BrNOS. The van der Waals surface area contributed by atoms with Gasteiger partial charge in [-0.15, -0.1) is 11.3 Å². The lowest BCUT2D eigenvalue weighted by Gasteiger charge is -2.14. The van der Waals surface area contributed by atoms with Crippen LogP contribution in [0.1, 0.15) is 24.3 Å². The molecule has 4 heteroatoms. The first-order valence-corrected chi connectivity index (χ1v) is 5.45. The van der Waals surface area contributed by atoms with Crippen LogP contribution in [0.15, 0.2) is 15.9 Å². The summed E-state index contributed by atoms with van der Waals surface area (Å²) in [6.45, 7) is 1.97. The SMILES string of the molecule is CCC(N)C(O)c1ccc(Br)s1. The van der Waals surface area contributed by atoms with Gasteiger partial charge in [-0.3, -0.25) is 0 Å². The normalized spacial score (nSPS) is 16.0. The van der Waals surface area contributed by atoms with Gasteiger partial charge in [0.15, 0.2) is 0 Å². The zero-order valence-corrected chi connectivity index (χ0v) is 9.23. The Bertz CT molecular complexity index is 251. The van der Waals surface area contributed by atoms with Gasteiger partial charge in [-0.1, -0.05) is 6.92 Å². The second kappa shape index (κ2) is 4.37. The van der Waals surface area contributed by atoms with Gasteiger partial charge in [0.05, 0.1) is 3.79 Å². The number of thiophene rings is 1. The highest BCUT2D eigenvalue weighted by atomic mass is 79.9. The maximum absolute atomic E-state index is 9.67. The van der Waals surface area contributed by atoms with Gasteiger partial charge >= 0.3 is 0 Å². The van der Waals surface area contributed by atoms with Crippen LogP contribution >= 0.6 is 27.3 Å². The average molecular weight is 250 g/mol. The molecule has 1 rings (SSSR count). The van der Waals surface area contributed by atoms with Crippen molar-refractivity contribution in [2.24, 2.45) is 5.73 Å². The fourth-order valence-corrected chi connectivity index (χ4v) is 2.41. The van der Waals surface area contributed by atoms with E-state index in [-0.39, 0.29) is 6.04 Å². The van der Waals surface area contributed by atoms with Crippen molar-refractivity contribution < 1.29 is 5.11 Å². The van der Waals surface area contributed by atoms with Crippen LogP contribution in [0.2, 0.25) is 0 Å². The lowest BCUT2D eigenvalue weighted by molar-refractivity contribution is 0.148. The summed E-state index contributed by atoms with van der Waals surface area (Å²) < 4.78 is 1.03. The molecule has 1 aromatic rings. The first-order chi connectivity index (χ1) is 5.65. The van der Waals surface area contributed by atoms with E-state index in [1.54, 1.807) is 0 Å². The maximum atomic E-state index is 9.67. The first kappa shape index (κ1) is 10.2. The van der Waals surface area contributed by atoms with Crippen LogP contribution in [-0.2, 0) is 0 Å². The summed E-state index contributed by atoms with van der Waals surface area (Å²) >= 11 is 4.86. The molecule has 1 aromatic heterocycles. The molecule has 0 amide bonds. The Hall–Kier alpha value is 0.1000. The van der Waals surface area contributed by atoms with E-state index in [0.717, 1.165) is 15.1 Å². The third-order valence-electron chi connectivity index (χ3n) is 1.76. The second-order valence-electron chi connectivity index (χ2n) is 2.66. The molecule has 0 bridgehead atoms. The summed E-state index contributed by atoms with van der Waals surface area (Å²) in [5.74, 6) is 0. The molecule has 2 nitrogen and oxygen atoms in total. The molecule has 3 N–H and O–H groups in total. The van der Waals surface area contributed by atoms with E-state index in [2.05, 4.69) is 15.9 Å². The molecule has 0 aliphatic heterocycles. The van der Waals surface area contributed by atoms with E-state index in [1.165, 1.54) is 11.3 Å². The van der Waals surface area contributed by atoms with Crippen LogP contribution in [0.3, 0.4) is 0 Å². The van der Waals surface area contributed by atoms with Crippen molar-refractivity contribution >= 4 is 27.3 Å². The van der Waals surface area contributed by atoms with Crippen molar-refractivity contribution in [3.63, 3.8) is 0 Å². The Morgan fingerprint density at radius 2 is 2.33 bits per heavy atom. The minimum Gasteiger partial charge on any atom is -0.386 e. The summed E-state index contributed by atoms with van der Waals surface area (Å²) in [4.78, 5) is 0.927. The number of hydrogen-bond acceptors (Lipinski definition) is 3. The van der Waals surface area contributed by atoms with Crippen molar-refractivity contribution in [1.82, 2.24) is 0 Å². The number of halogens is 1. The number of hydrogen-bond donors (Lipinski definition) is 2. The molecule has 0 aliphatic rings. The summed E-state index contributed by atoms with van der Waals surface area (Å²) in [5.41, 5.74) is 5.70. The Kier molecular flexibility index (Phi) is 3.71. The standard InChI is InChI=1S/C8H12BrNOS/c1-2-5(10)8(11)6-3-4-7(9)12-6/h3-5,8,11H,2,10H2,1H3. The second-order valence-corrected chi connectivity index (χ2v) is 5.15. The molecule has 2 unspecified atom stereocenters. The lowest BCUT2D eigenvalue weighted by atomic mass is 10.1. The lowest BCUT2D eigenvalue weighted by Crippen LogP contribution is -2.26. The molecule has 0 aliphatic carbocycles. The van der Waals surface area contributed by atoms with Crippen molar-refractivity contribution in [1.29, 1.82) is 0 Å². The first-order valence-electron chi connectivity index (χ1n) is 3.84. The van der Waals surface area contributed by atoms with Gasteiger partial charge in [0.25, 0.3) is 0 Å². The highest BCUT2D eigenvalue weighted by Gasteiger charge is 2.16. The van der Waals surface area contributed by atoms with Gasteiger partial charge in [0.1, 0.15) is 6.10 Å². The molecule has 12 heavy (non-hydrogen) atoms. The number of rotatable bonds is 3. The molecular weight excluding hydrogens is 238 g/mol. The molecule has 0 radical (unpaired) electrons. The molecule has 0 aromatic carbocycles. The number of aliphatic hydroxyl groups is 1. The van der Waals surface area contributed by atoms with Crippen LogP contribution in [-0.4, -0.2) is 11.1 Å². The van der Waals surface area contributed by atoms with Crippen molar-refractivity contribution in [3.8, 4) is 0 Å². The topological polar surface area (TPSA) is 46.2 Å². The molecule has 0 spiro atoms. The van der Waals surface area contributed by atoms with Crippen LogP contribution < -0.4 is 5.73 Å². The maximum Gasteiger partial charge on any atom is 0.103 e. The molecule has 68 valence electrons. The zero-order chi connectivity index (χ0) is 9.14. The molecule has 2 atom stereocenters. The minimum atomic E-state index is -0.522. The Morgan fingerprint density at radius 1 is 1.67 bits per heavy atom. The van der Waals surface area contributed by atoms with Gasteiger partial charge in [-0.25, -0.2) is 0 Å². The zero-order valence-electron chi connectivity index (χ0n) is 6.83. The smallest absolute Gasteiger partial charge is 0.103 e. The largest absolute Gasteiger partial charge is 0.386 e. The van der Waals surface area contributed by atoms with Crippen molar-refractivity contribution in [3.05, 3.63) is 20.8 Å². The van der Waals surface area contributed by atoms with Crippen molar-refractivity contribution in [2.75, 3.05) is 0 Å². The summed E-state index contributed by atoms with van der Waals surface area (Å²) in [6.07, 6.45) is 0.266. The average Bonchev–Trinajstić information content (AvgIpc) is 2.49. The Labute approximate surface area is 84.5 Å². The molecule has 0 saturated heterocycles. The summed E-state index contributed by atoms with van der Waals surface area (Å²) in [5, 5.41) is 9.67. The third-order valence-corrected chi connectivity index (χ3v) is 3.46. The van der Waals surface area contributed by atoms with E-state index in [9.17, 15) is 5.11 Å². The van der Waals surface area contributed by atoms with Gasteiger partial charge < -0.3 is 10.8 Å². The van der Waals surface area contributed by atoms with Gasteiger partial charge in [-0.2, -0.15) is 0 Å². The van der Waals surface area contributed by atoms with Gasteiger partial charge in [-0.05, 0) is 34.5 Å². The highest BCUT2D eigenvalue weighted by Crippen LogP contribution is 2.28. The predicted octanol–water partition coefficient (Wildman–Crippen LogP) is 2.28. The number of nitrogens with two attached hydrogens (primary N) is 1. The quantitative estimate of drug-likeness (QED) is 0.864. The van der Waals surface area contributed by atoms with Crippen molar-refractivity contribution in [2.45, 2.75) is 25.5 Å². The van der Waals surface area contributed by atoms with Gasteiger partial charge in [0, 0.05) is 10.9 Å². The van der Waals surface area contributed by atoms with E-state index in [1.807, 2.05) is 19.1 Å². The van der Waals surface area contributed by atoms with E-state index >= 15 is 0 Å². The fraction of sp³-hybridized carbons (Fsp3) is 0.500. The Balaban J connectivity index is 2.70. The minimum absolute atomic E-state index is 0.157. The van der Waals surface area contributed by atoms with Crippen LogP contribution in [0.5, 0.6) is 0 Å². The van der Waals surface area contributed by atoms with E-state index in [0.29, 0.717) is 0 Å². The summed E-state index contributed by atoms with van der Waals surface area (Å²) in [6, 6.07) is 3.66. The summed E-state index contributed by atoms with van der Waals surface area (Å²) in [7, 11) is 0. The molecule has 0 saturated carbocycles. The van der Waals surface area contributed by atoms with E-state index in [4.69, 9.17) is 5.73 Å². The van der Waals surface area contributed by atoms with Crippen LogP contribution in [0.4, 0.5) is 0 Å². The molecule has 1 heterocycles. The fourth-order valence-electron chi connectivity index (χ4n) is 0.921. The molecule has 0 fully saturated rings. The Morgan fingerprint density at radius 3 is 2.75 bits per heavy atom. The van der Waals surface area contributed by atoms with E-state index < -0.39 is 6.10 Å². The van der Waals surface area contributed by atoms with Gasteiger partial charge in [0.2, 0.25) is 0 Å². The highest BCUT2D eigenvalue weighted by molar-refractivity contribution is 9.11. The predicted molar refractivity (Wildman–Crippen MR) is 55.2 cm³/mol. The monoisotopic (exact) mass is 249 g/mol. The third kappa shape index (κ3) is 2.29. The van der Waals surface area contributed by atoms with Crippen LogP contribution in [0.25, 0.3) is 0 Å².